The van der Waals surface area contributed by atoms with Crippen molar-refractivity contribution in [3.63, 3.8) is 0 Å². The molecule has 0 fully saturated rings. The average Bonchev–Trinajstić information content (AvgIpc) is 2.42. The summed E-state index contributed by atoms with van der Waals surface area (Å²) in [5, 5.41) is 16.8. The lowest BCUT2D eigenvalue weighted by Gasteiger charge is -2.15. The van der Waals surface area contributed by atoms with Crippen LogP contribution in [-0.4, -0.2) is 23.1 Å². The molecule has 0 saturated carbocycles. The highest BCUT2D eigenvalue weighted by Gasteiger charge is 2.14. The number of amidine groups is 1. The lowest BCUT2D eigenvalue weighted by atomic mass is 10.2. The molecule has 6 heteroatoms. The van der Waals surface area contributed by atoms with Gasteiger partial charge in [-0.2, -0.15) is 0 Å². The van der Waals surface area contributed by atoms with Crippen LogP contribution >= 0.6 is 0 Å². The molecule has 1 aromatic rings. The molecule has 0 bridgehead atoms. The molecule has 0 heterocycles. The summed E-state index contributed by atoms with van der Waals surface area (Å²) in [5.74, 6) is -0.00707. The van der Waals surface area contributed by atoms with Crippen molar-refractivity contribution in [1.82, 2.24) is 10.6 Å². The molecule has 0 aliphatic heterocycles. The van der Waals surface area contributed by atoms with Crippen LogP contribution in [0.2, 0.25) is 0 Å². The summed E-state index contributed by atoms with van der Waals surface area (Å²) in [6.45, 7) is 2.26. The predicted molar refractivity (Wildman–Crippen MR) is 69.3 cm³/mol. The van der Waals surface area contributed by atoms with Crippen molar-refractivity contribution in [2.24, 2.45) is 10.9 Å². The number of hydrogen-bond donors (Lipinski definition) is 4. The fourth-order valence-corrected chi connectivity index (χ4v) is 1.44. The summed E-state index contributed by atoms with van der Waals surface area (Å²) in [6.07, 6.45) is 0.550. The van der Waals surface area contributed by atoms with E-state index in [0.29, 0.717) is 13.0 Å². The first-order valence-corrected chi connectivity index (χ1v) is 5.73. The summed E-state index contributed by atoms with van der Waals surface area (Å²) in [4.78, 5) is 11.6. The maximum Gasteiger partial charge on any atom is 0.315 e. The molecule has 98 valence electrons. The maximum atomic E-state index is 11.6. The summed E-state index contributed by atoms with van der Waals surface area (Å²) >= 11 is 0. The molecule has 18 heavy (non-hydrogen) atoms. The van der Waals surface area contributed by atoms with E-state index < -0.39 is 6.04 Å². The van der Waals surface area contributed by atoms with Crippen molar-refractivity contribution in [2.75, 3.05) is 0 Å². The lowest BCUT2D eigenvalue weighted by molar-refractivity contribution is 0.238. The number of nitrogens with two attached hydrogens (primary N) is 1. The van der Waals surface area contributed by atoms with E-state index >= 15 is 0 Å². The first kappa shape index (κ1) is 13.8. The van der Waals surface area contributed by atoms with E-state index in [2.05, 4.69) is 15.8 Å². The van der Waals surface area contributed by atoms with Gasteiger partial charge in [-0.25, -0.2) is 4.79 Å². The van der Waals surface area contributed by atoms with Crippen LogP contribution in [0, 0.1) is 0 Å². The van der Waals surface area contributed by atoms with Gasteiger partial charge in [-0.3, -0.25) is 0 Å². The van der Waals surface area contributed by atoms with Crippen molar-refractivity contribution in [3.05, 3.63) is 35.9 Å². The molecule has 0 aliphatic rings. The second-order valence-corrected chi connectivity index (χ2v) is 3.80. The predicted octanol–water partition coefficient (Wildman–Crippen LogP) is 1.01. The number of nitrogens with one attached hydrogen (secondary N) is 2. The summed E-state index contributed by atoms with van der Waals surface area (Å²) in [5.41, 5.74) is 6.44. The number of rotatable bonds is 5. The van der Waals surface area contributed by atoms with Crippen molar-refractivity contribution >= 4 is 11.9 Å². The Morgan fingerprint density at radius 2 is 2.11 bits per heavy atom. The van der Waals surface area contributed by atoms with Gasteiger partial charge in [0.15, 0.2) is 5.84 Å². The van der Waals surface area contributed by atoms with Crippen molar-refractivity contribution in [2.45, 2.75) is 25.9 Å². The molecule has 0 aliphatic carbocycles. The fourth-order valence-electron chi connectivity index (χ4n) is 1.44. The van der Waals surface area contributed by atoms with Gasteiger partial charge >= 0.3 is 6.03 Å². The zero-order valence-corrected chi connectivity index (χ0v) is 10.3. The Labute approximate surface area is 106 Å². The number of oxime groups is 1. The van der Waals surface area contributed by atoms with E-state index in [1.165, 1.54) is 0 Å². The van der Waals surface area contributed by atoms with E-state index in [4.69, 9.17) is 10.9 Å². The van der Waals surface area contributed by atoms with E-state index in [9.17, 15) is 4.79 Å². The molecule has 0 radical (unpaired) electrons. The van der Waals surface area contributed by atoms with Gasteiger partial charge in [0, 0.05) is 6.54 Å². The molecular weight excluding hydrogens is 232 g/mol. The van der Waals surface area contributed by atoms with Crippen molar-refractivity contribution < 1.29 is 10.0 Å². The third kappa shape index (κ3) is 4.32. The van der Waals surface area contributed by atoms with Gasteiger partial charge in [-0.05, 0) is 12.0 Å². The Balaban J connectivity index is 2.42. The van der Waals surface area contributed by atoms with Crippen LogP contribution in [0.3, 0.4) is 0 Å². The minimum atomic E-state index is -0.467. The summed E-state index contributed by atoms with van der Waals surface area (Å²) in [7, 11) is 0. The van der Waals surface area contributed by atoms with Crippen molar-refractivity contribution in [1.29, 1.82) is 0 Å². The number of urea groups is 1. The largest absolute Gasteiger partial charge is 0.409 e. The highest BCUT2D eigenvalue weighted by molar-refractivity contribution is 5.89. The second-order valence-electron chi connectivity index (χ2n) is 3.80. The highest BCUT2D eigenvalue weighted by atomic mass is 16.4. The van der Waals surface area contributed by atoms with Gasteiger partial charge in [0.2, 0.25) is 0 Å². The standard InChI is InChI=1S/C12H18N4O2/c1-2-10(11(13)16-18)15-12(17)14-8-9-6-4-3-5-7-9/h3-7,10,18H,2,8H2,1H3,(H2,13,16)(H2,14,15,17). The molecule has 6 nitrogen and oxygen atoms in total. The van der Waals surface area contributed by atoms with Crippen LogP contribution in [0.4, 0.5) is 4.79 Å². The van der Waals surface area contributed by atoms with Crippen LogP contribution in [0.15, 0.2) is 35.5 Å². The zero-order chi connectivity index (χ0) is 13.4. The van der Waals surface area contributed by atoms with Gasteiger partial charge in [0.1, 0.15) is 0 Å². The number of benzene rings is 1. The number of amides is 2. The first-order valence-electron chi connectivity index (χ1n) is 5.73. The van der Waals surface area contributed by atoms with Gasteiger partial charge in [0.25, 0.3) is 0 Å². The van der Waals surface area contributed by atoms with E-state index in [1.807, 2.05) is 37.3 Å². The number of carbonyl (C=O) groups is 1. The monoisotopic (exact) mass is 250 g/mol. The molecule has 1 unspecified atom stereocenters. The molecule has 1 atom stereocenters. The Morgan fingerprint density at radius 3 is 2.67 bits per heavy atom. The van der Waals surface area contributed by atoms with E-state index in [1.54, 1.807) is 0 Å². The minimum absolute atomic E-state index is 0.00707. The normalized spacial score (nSPS) is 12.8. The van der Waals surface area contributed by atoms with Crippen LogP contribution < -0.4 is 16.4 Å². The topological polar surface area (TPSA) is 99.7 Å². The molecular formula is C12H18N4O2. The molecule has 2 amide bonds. The van der Waals surface area contributed by atoms with Crippen LogP contribution in [0.25, 0.3) is 0 Å². The SMILES string of the molecule is CCC(NC(=O)NCc1ccccc1)/C(N)=N/O. The smallest absolute Gasteiger partial charge is 0.315 e. The average molecular weight is 250 g/mol. The van der Waals surface area contributed by atoms with E-state index in [-0.39, 0.29) is 11.9 Å². The third-order valence-corrected chi connectivity index (χ3v) is 2.48. The first-order chi connectivity index (χ1) is 8.67. The molecule has 1 rings (SSSR count). The number of carbonyl (C=O) groups excluding carboxylic acids is 1. The third-order valence-electron chi connectivity index (χ3n) is 2.48. The van der Waals surface area contributed by atoms with E-state index in [0.717, 1.165) is 5.56 Å². The van der Waals surface area contributed by atoms with Gasteiger partial charge in [-0.1, -0.05) is 42.4 Å². The lowest BCUT2D eigenvalue weighted by Crippen LogP contribution is -2.48. The zero-order valence-electron chi connectivity index (χ0n) is 10.3. The van der Waals surface area contributed by atoms with Crippen molar-refractivity contribution in [3.8, 4) is 0 Å². The Kier molecular flexibility index (Phi) is 5.50. The minimum Gasteiger partial charge on any atom is -0.409 e. The Hall–Kier alpha value is -2.24. The molecule has 0 saturated heterocycles. The quantitative estimate of drug-likeness (QED) is 0.271. The second kappa shape index (κ2) is 7.16. The van der Waals surface area contributed by atoms with Crippen LogP contribution in [0.5, 0.6) is 0 Å². The Bertz CT molecular complexity index is 406. The summed E-state index contributed by atoms with van der Waals surface area (Å²) < 4.78 is 0. The highest BCUT2D eigenvalue weighted by Crippen LogP contribution is 1.97. The number of nitrogens with zero attached hydrogens (tertiary/aromatic N) is 1. The summed E-state index contributed by atoms with van der Waals surface area (Å²) in [6, 6.07) is 8.74. The van der Waals surface area contributed by atoms with Crippen LogP contribution in [0.1, 0.15) is 18.9 Å². The van der Waals surface area contributed by atoms with Gasteiger partial charge < -0.3 is 21.6 Å². The molecule has 5 N–H and O–H groups in total. The fraction of sp³-hybridized carbons (Fsp3) is 0.333. The number of hydrogen-bond acceptors (Lipinski definition) is 3. The molecule has 1 aromatic carbocycles. The van der Waals surface area contributed by atoms with Gasteiger partial charge in [0.05, 0.1) is 6.04 Å². The van der Waals surface area contributed by atoms with Crippen LogP contribution in [-0.2, 0) is 6.54 Å². The molecule has 0 aromatic heterocycles. The maximum absolute atomic E-state index is 11.6. The molecule has 0 spiro atoms. The Morgan fingerprint density at radius 1 is 1.44 bits per heavy atom. The van der Waals surface area contributed by atoms with Gasteiger partial charge in [-0.15, -0.1) is 0 Å².